The van der Waals surface area contributed by atoms with Crippen molar-refractivity contribution in [1.82, 2.24) is 10.6 Å². The molecule has 2 N–H and O–H groups in total. The van der Waals surface area contributed by atoms with Crippen molar-refractivity contribution in [2.45, 2.75) is 63.7 Å². The minimum Gasteiger partial charge on any atom is -0.450 e. The lowest BCUT2D eigenvalue weighted by Gasteiger charge is -2.42. The van der Waals surface area contributed by atoms with Gasteiger partial charge in [0.1, 0.15) is 0 Å². The van der Waals surface area contributed by atoms with E-state index in [9.17, 15) is 19.2 Å². The monoisotopic (exact) mass is 470 g/mol. The molecule has 0 heterocycles. The highest BCUT2D eigenvalue weighted by molar-refractivity contribution is 6.24. The molecule has 1 saturated carbocycles. The molecular formula is C18H28Cl2N2O8. The summed E-state index contributed by atoms with van der Waals surface area (Å²) in [5, 5.41) is 1.14. The lowest BCUT2D eigenvalue weighted by atomic mass is 9.79. The Labute approximate surface area is 185 Å². The van der Waals surface area contributed by atoms with E-state index in [0.29, 0.717) is 25.7 Å². The maximum atomic E-state index is 11.9. The fourth-order valence-corrected chi connectivity index (χ4v) is 4.10. The van der Waals surface area contributed by atoms with E-state index >= 15 is 0 Å². The number of ether oxygens (including phenoxy) is 4. The van der Waals surface area contributed by atoms with Crippen LogP contribution in [0.3, 0.4) is 0 Å². The molecule has 10 nitrogen and oxygen atoms in total. The SMILES string of the molecule is CCOC(=O)NC(Cl)(OC(C)=O)C1CCC(C(Cl)(NC(=O)OCC)OC(C)=O)CC1. The van der Waals surface area contributed by atoms with Gasteiger partial charge in [0.25, 0.3) is 10.4 Å². The minimum absolute atomic E-state index is 0.113. The van der Waals surface area contributed by atoms with Crippen molar-refractivity contribution >= 4 is 47.3 Å². The molecular weight excluding hydrogens is 443 g/mol. The predicted molar refractivity (Wildman–Crippen MR) is 106 cm³/mol. The van der Waals surface area contributed by atoms with Crippen LogP contribution in [0.5, 0.6) is 0 Å². The summed E-state index contributed by atoms with van der Waals surface area (Å²) in [6, 6.07) is 0. The number of nitrogens with one attached hydrogen (secondary N) is 2. The molecule has 2 atom stereocenters. The Morgan fingerprint density at radius 1 is 0.767 bits per heavy atom. The molecule has 0 aromatic rings. The number of carbonyl (C=O) groups is 4. The topological polar surface area (TPSA) is 129 Å². The van der Waals surface area contributed by atoms with Gasteiger partial charge in [-0.3, -0.25) is 20.2 Å². The fourth-order valence-electron chi connectivity index (χ4n) is 3.29. The minimum atomic E-state index is -1.81. The van der Waals surface area contributed by atoms with Gasteiger partial charge >= 0.3 is 24.1 Å². The number of alkyl carbamates (subject to hydrolysis) is 2. The molecule has 12 heteroatoms. The fraction of sp³-hybridized carbons (Fsp3) is 0.778. The summed E-state index contributed by atoms with van der Waals surface area (Å²) < 4.78 is 20.0. The van der Waals surface area contributed by atoms with Gasteiger partial charge < -0.3 is 18.9 Å². The number of amides is 2. The largest absolute Gasteiger partial charge is 0.450 e. The van der Waals surface area contributed by atoms with Crippen LogP contribution in [-0.2, 0) is 28.5 Å². The molecule has 1 aliphatic carbocycles. The molecule has 2 unspecified atom stereocenters. The second-order valence-corrected chi connectivity index (χ2v) is 7.84. The van der Waals surface area contributed by atoms with Crippen LogP contribution in [0.15, 0.2) is 0 Å². The van der Waals surface area contributed by atoms with Gasteiger partial charge in [0.05, 0.1) is 13.2 Å². The quantitative estimate of drug-likeness (QED) is 0.182. The molecule has 0 spiro atoms. The van der Waals surface area contributed by atoms with Gasteiger partial charge in [0.15, 0.2) is 0 Å². The van der Waals surface area contributed by atoms with E-state index in [0.717, 1.165) is 0 Å². The Balaban J connectivity index is 2.93. The average Bonchev–Trinajstić information content (AvgIpc) is 2.60. The molecule has 30 heavy (non-hydrogen) atoms. The summed E-state index contributed by atoms with van der Waals surface area (Å²) in [6.07, 6.45) is -0.289. The summed E-state index contributed by atoms with van der Waals surface area (Å²) in [6.45, 7) is 5.81. The summed E-state index contributed by atoms with van der Waals surface area (Å²) in [7, 11) is 0. The Morgan fingerprint density at radius 2 is 1.07 bits per heavy atom. The van der Waals surface area contributed by atoms with Gasteiger partial charge in [-0.2, -0.15) is 0 Å². The highest BCUT2D eigenvalue weighted by Crippen LogP contribution is 2.43. The third kappa shape index (κ3) is 7.71. The highest BCUT2D eigenvalue weighted by atomic mass is 35.5. The average molecular weight is 471 g/mol. The molecule has 0 bridgehead atoms. The van der Waals surface area contributed by atoms with Crippen LogP contribution < -0.4 is 10.6 Å². The van der Waals surface area contributed by atoms with Crippen LogP contribution in [-0.4, -0.2) is 47.7 Å². The normalized spacial score (nSPS) is 22.5. The Kier molecular flexibility index (Phi) is 9.96. The molecule has 2 amide bonds. The van der Waals surface area contributed by atoms with Crippen molar-refractivity contribution in [1.29, 1.82) is 0 Å². The molecule has 1 aliphatic rings. The lowest BCUT2D eigenvalue weighted by molar-refractivity contribution is -0.162. The molecule has 0 radical (unpaired) electrons. The van der Waals surface area contributed by atoms with Crippen LogP contribution in [0, 0.1) is 11.8 Å². The van der Waals surface area contributed by atoms with Gasteiger partial charge in [-0.25, -0.2) is 9.59 Å². The van der Waals surface area contributed by atoms with E-state index in [1.54, 1.807) is 13.8 Å². The first-order valence-corrected chi connectivity index (χ1v) is 10.4. The van der Waals surface area contributed by atoms with E-state index in [-0.39, 0.29) is 13.2 Å². The highest BCUT2D eigenvalue weighted by Gasteiger charge is 2.49. The number of hydrogen-bond acceptors (Lipinski definition) is 8. The molecule has 0 saturated heterocycles. The Bertz CT molecular complexity index is 588. The maximum absolute atomic E-state index is 11.9. The van der Waals surface area contributed by atoms with E-state index < -0.39 is 46.3 Å². The van der Waals surface area contributed by atoms with Crippen LogP contribution in [0.25, 0.3) is 0 Å². The standard InChI is InChI=1S/C18H28Cl2N2O8/c1-5-27-15(25)21-17(19,29-11(3)23)13-7-9-14(10-8-13)18(20,30-12(4)24)22-16(26)28-6-2/h13-14H,5-10H2,1-4H3,(H,21,25)(H,22,26). The Morgan fingerprint density at radius 3 is 1.30 bits per heavy atom. The third-order valence-corrected chi connectivity index (χ3v) is 5.42. The molecule has 1 fully saturated rings. The summed E-state index contributed by atoms with van der Waals surface area (Å²) in [4.78, 5) is 46.8. The summed E-state index contributed by atoms with van der Waals surface area (Å²) in [5.41, 5.74) is 0. The number of esters is 2. The van der Waals surface area contributed by atoms with E-state index in [4.69, 9.17) is 42.1 Å². The van der Waals surface area contributed by atoms with Crippen LogP contribution >= 0.6 is 23.2 Å². The molecule has 0 aliphatic heterocycles. The summed E-state index contributed by atoms with van der Waals surface area (Å²) in [5.74, 6) is -2.33. The zero-order valence-electron chi connectivity index (χ0n) is 17.4. The van der Waals surface area contributed by atoms with Crippen molar-refractivity contribution in [2.75, 3.05) is 13.2 Å². The van der Waals surface area contributed by atoms with Crippen molar-refractivity contribution < 1.29 is 38.1 Å². The van der Waals surface area contributed by atoms with Gasteiger partial charge in [0.2, 0.25) is 0 Å². The second kappa shape index (κ2) is 11.5. The van der Waals surface area contributed by atoms with Crippen LogP contribution in [0.2, 0.25) is 0 Å². The van der Waals surface area contributed by atoms with Crippen molar-refractivity contribution in [3.63, 3.8) is 0 Å². The molecule has 0 aromatic heterocycles. The number of alkyl halides is 2. The van der Waals surface area contributed by atoms with Gasteiger partial charge in [-0.05, 0) is 39.5 Å². The van der Waals surface area contributed by atoms with Gasteiger partial charge in [0, 0.05) is 25.7 Å². The van der Waals surface area contributed by atoms with Crippen molar-refractivity contribution in [3.8, 4) is 0 Å². The van der Waals surface area contributed by atoms with Gasteiger partial charge in [-0.1, -0.05) is 23.2 Å². The number of hydrogen-bond donors (Lipinski definition) is 2. The van der Waals surface area contributed by atoms with E-state index in [1.807, 2.05) is 0 Å². The van der Waals surface area contributed by atoms with Crippen LogP contribution in [0.4, 0.5) is 9.59 Å². The maximum Gasteiger partial charge on any atom is 0.411 e. The van der Waals surface area contributed by atoms with Crippen molar-refractivity contribution in [3.05, 3.63) is 0 Å². The first kappa shape index (κ1) is 26.1. The molecule has 0 aromatic carbocycles. The predicted octanol–water partition coefficient (Wildman–Crippen LogP) is 3.20. The number of rotatable bonds is 8. The zero-order valence-corrected chi connectivity index (χ0v) is 18.9. The lowest BCUT2D eigenvalue weighted by Crippen LogP contribution is -2.56. The smallest absolute Gasteiger partial charge is 0.411 e. The van der Waals surface area contributed by atoms with Crippen molar-refractivity contribution in [2.24, 2.45) is 11.8 Å². The van der Waals surface area contributed by atoms with Crippen LogP contribution in [0.1, 0.15) is 53.4 Å². The van der Waals surface area contributed by atoms with Gasteiger partial charge in [-0.15, -0.1) is 0 Å². The first-order valence-electron chi connectivity index (χ1n) is 9.62. The zero-order chi connectivity index (χ0) is 22.9. The van der Waals surface area contributed by atoms with E-state index in [1.165, 1.54) is 13.8 Å². The number of carbonyl (C=O) groups excluding carboxylic acids is 4. The van der Waals surface area contributed by atoms with E-state index in [2.05, 4.69) is 10.6 Å². The molecule has 1 rings (SSSR count). The second-order valence-electron chi connectivity index (χ2n) is 6.72. The first-order chi connectivity index (χ1) is 14.0. The third-order valence-electron chi connectivity index (χ3n) is 4.46. The summed E-state index contributed by atoms with van der Waals surface area (Å²) >= 11 is 12.9. The Hall–Kier alpha value is -1.94. The number of halogens is 2. The molecule has 172 valence electrons.